The normalized spacial score (nSPS) is 21.2. The van der Waals surface area contributed by atoms with Crippen molar-refractivity contribution >= 4 is 11.8 Å². The van der Waals surface area contributed by atoms with Gasteiger partial charge in [-0.1, -0.05) is 30.3 Å². The number of rotatable bonds is 4. The molecule has 0 aliphatic carbocycles. The topological polar surface area (TPSA) is 87.7 Å². The minimum atomic E-state index is -0.999. The summed E-state index contributed by atoms with van der Waals surface area (Å²) in [6.07, 6.45) is 1.21. The van der Waals surface area contributed by atoms with E-state index in [9.17, 15) is 14.7 Å². The lowest BCUT2D eigenvalue weighted by atomic mass is 9.78. The number of hydrogen-bond donors (Lipinski definition) is 2. The molecule has 4 rings (SSSR count). The van der Waals surface area contributed by atoms with E-state index in [2.05, 4.69) is 5.32 Å². The molecule has 2 N–H and O–H groups in total. The first-order chi connectivity index (χ1) is 14.8. The molecule has 3 aromatic rings. The minimum absolute atomic E-state index is 0.102. The number of likely N-dealkylation sites (tertiary alicyclic amines) is 1. The lowest BCUT2D eigenvalue weighted by Crippen LogP contribution is -2.62. The lowest BCUT2D eigenvalue weighted by Gasteiger charge is -2.46. The number of amides is 2. The molecular formula is C24H27N3O4. The maximum absolute atomic E-state index is 13.1. The standard InChI is InChI=1S/C24H27N3O4/c1-16-14-19(17(2)31-16)23(30)27-13-11-24(21(28)15-27,18-8-5-4-6-9-18)25-22(29)20-10-7-12-26(20)3/h4-10,12,14,21,28H,11,13,15H2,1-3H3,(H,25,29)/t21-,24+/m1/s1. The molecule has 162 valence electrons. The van der Waals surface area contributed by atoms with Crippen molar-refractivity contribution in [2.45, 2.75) is 31.9 Å². The van der Waals surface area contributed by atoms with Gasteiger partial charge in [0.05, 0.1) is 17.2 Å². The van der Waals surface area contributed by atoms with Crippen LogP contribution in [0.4, 0.5) is 0 Å². The number of nitrogens with zero attached hydrogens (tertiary/aromatic N) is 2. The van der Waals surface area contributed by atoms with Crippen LogP contribution in [0.15, 0.2) is 59.1 Å². The highest BCUT2D eigenvalue weighted by Crippen LogP contribution is 2.34. The largest absolute Gasteiger partial charge is 0.466 e. The molecule has 2 aromatic heterocycles. The van der Waals surface area contributed by atoms with Gasteiger partial charge in [-0.3, -0.25) is 9.59 Å². The quantitative estimate of drug-likeness (QED) is 0.678. The number of hydrogen-bond acceptors (Lipinski definition) is 4. The Morgan fingerprint density at radius 3 is 2.48 bits per heavy atom. The van der Waals surface area contributed by atoms with Crippen LogP contribution in [0.1, 0.15) is 44.4 Å². The smallest absolute Gasteiger partial charge is 0.268 e. The van der Waals surface area contributed by atoms with Crippen LogP contribution < -0.4 is 5.32 Å². The van der Waals surface area contributed by atoms with E-state index in [0.717, 1.165) is 5.56 Å². The first-order valence-electron chi connectivity index (χ1n) is 10.4. The molecule has 2 amide bonds. The predicted octanol–water partition coefficient (Wildman–Crippen LogP) is 2.77. The van der Waals surface area contributed by atoms with Crippen molar-refractivity contribution in [3.63, 3.8) is 0 Å². The van der Waals surface area contributed by atoms with Crippen LogP contribution >= 0.6 is 0 Å². The second kappa shape index (κ2) is 8.07. The van der Waals surface area contributed by atoms with Crippen LogP contribution in [0.2, 0.25) is 0 Å². The maximum Gasteiger partial charge on any atom is 0.268 e. The van der Waals surface area contributed by atoms with E-state index in [0.29, 0.717) is 35.7 Å². The van der Waals surface area contributed by atoms with E-state index in [1.165, 1.54) is 0 Å². The fraction of sp³-hybridized carbons (Fsp3) is 0.333. The molecule has 1 aliphatic rings. The lowest BCUT2D eigenvalue weighted by molar-refractivity contribution is -0.0109. The predicted molar refractivity (Wildman–Crippen MR) is 116 cm³/mol. The van der Waals surface area contributed by atoms with Gasteiger partial charge in [0.1, 0.15) is 17.2 Å². The van der Waals surface area contributed by atoms with Crippen molar-refractivity contribution < 1.29 is 19.1 Å². The van der Waals surface area contributed by atoms with Gasteiger partial charge < -0.3 is 24.3 Å². The first-order valence-corrected chi connectivity index (χ1v) is 10.4. The molecule has 1 fully saturated rings. The van der Waals surface area contributed by atoms with E-state index in [1.54, 1.807) is 54.8 Å². The number of furan rings is 1. The molecule has 0 saturated carbocycles. The van der Waals surface area contributed by atoms with Crippen LogP contribution in [-0.2, 0) is 12.6 Å². The van der Waals surface area contributed by atoms with Crippen molar-refractivity contribution in [3.8, 4) is 0 Å². The van der Waals surface area contributed by atoms with Crippen molar-refractivity contribution in [2.24, 2.45) is 7.05 Å². The minimum Gasteiger partial charge on any atom is -0.466 e. The average Bonchev–Trinajstić information content (AvgIpc) is 3.34. The highest BCUT2D eigenvalue weighted by molar-refractivity contribution is 5.96. The summed E-state index contributed by atoms with van der Waals surface area (Å²) >= 11 is 0. The third-order valence-electron chi connectivity index (χ3n) is 6.10. The fourth-order valence-electron chi connectivity index (χ4n) is 4.39. The van der Waals surface area contributed by atoms with Crippen LogP contribution in [0.25, 0.3) is 0 Å². The number of aliphatic hydroxyl groups is 1. The molecule has 7 nitrogen and oxygen atoms in total. The summed E-state index contributed by atoms with van der Waals surface area (Å²) in [5, 5.41) is 14.4. The number of piperidine rings is 1. The molecule has 7 heteroatoms. The molecule has 1 saturated heterocycles. The third kappa shape index (κ3) is 3.77. The maximum atomic E-state index is 13.1. The van der Waals surface area contributed by atoms with Gasteiger partial charge in [-0.25, -0.2) is 0 Å². The first kappa shape index (κ1) is 20.9. The molecule has 3 heterocycles. The Morgan fingerprint density at radius 2 is 1.90 bits per heavy atom. The number of aromatic nitrogens is 1. The fourth-order valence-corrected chi connectivity index (χ4v) is 4.39. The van der Waals surface area contributed by atoms with Crippen molar-refractivity contribution in [1.82, 2.24) is 14.8 Å². The Hall–Kier alpha value is -3.32. The molecular weight excluding hydrogens is 394 g/mol. The summed E-state index contributed by atoms with van der Waals surface area (Å²) in [6.45, 7) is 4.05. The molecule has 1 aromatic carbocycles. The molecule has 0 radical (unpaired) electrons. The zero-order chi connectivity index (χ0) is 22.2. The van der Waals surface area contributed by atoms with Gasteiger partial charge in [-0.2, -0.15) is 0 Å². The highest BCUT2D eigenvalue weighted by Gasteiger charge is 2.46. The summed E-state index contributed by atoms with van der Waals surface area (Å²) in [5.74, 6) is 0.793. The summed E-state index contributed by atoms with van der Waals surface area (Å²) in [6, 6.07) is 14.7. The van der Waals surface area contributed by atoms with Crippen LogP contribution in [0.3, 0.4) is 0 Å². The van der Waals surface area contributed by atoms with Gasteiger partial charge in [-0.05, 0) is 44.0 Å². The van der Waals surface area contributed by atoms with Crippen LogP contribution in [0.5, 0.6) is 0 Å². The van der Waals surface area contributed by atoms with E-state index >= 15 is 0 Å². The van der Waals surface area contributed by atoms with Crippen molar-refractivity contribution in [1.29, 1.82) is 0 Å². The second-order valence-corrected chi connectivity index (χ2v) is 8.14. The van der Waals surface area contributed by atoms with Gasteiger partial charge in [0.2, 0.25) is 0 Å². The van der Waals surface area contributed by atoms with Crippen molar-refractivity contribution in [2.75, 3.05) is 13.1 Å². The van der Waals surface area contributed by atoms with E-state index < -0.39 is 11.6 Å². The number of β-amino-alcohol motifs (C(OH)–C–C–N with tert-alkyl or cyclic N) is 1. The Bertz CT molecular complexity index is 1100. The number of carbonyl (C=O) groups excluding carboxylic acids is 2. The van der Waals surface area contributed by atoms with E-state index in [-0.39, 0.29) is 18.4 Å². The van der Waals surface area contributed by atoms with E-state index in [1.807, 2.05) is 30.3 Å². The van der Waals surface area contributed by atoms with Gasteiger partial charge in [0.25, 0.3) is 11.8 Å². The molecule has 0 unspecified atom stereocenters. The van der Waals surface area contributed by atoms with E-state index in [4.69, 9.17) is 4.42 Å². The summed E-state index contributed by atoms with van der Waals surface area (Å²) in [7, 11) is 1.80. The Labute approximate surface area is 181 Å². The number of carbonyl (C=O) groups is 2. The van der Waals surface area contributed by atoms with Gasteiger partial charge in [0.15, 0.2) is 0 Å². The van der Waals surface area contributed by atoms with Gasteiger partial charge in [0, 0.05) is 26.3 Å². The third-order valence-corrected chi connectivity index (χ3v) is 6.10. The highest BCUT2D eigenvalue weighted by atomic mass is 16.3. The van der Waals surface area contributed by atoms with Crippen LogP contribution in [-0.4, -0.2) is 45.6 Å². The van der Waals surface area contributed by atoms with Crippen molar-refractivity contribution in [3.05, 3.63) is 83.1 Å². The number of nitrogens with one attached hydrogen (secondary N) is 1. The number of aryl methyl sites for hydroxylation is 3. The Morgan fingerprint density at radius 1 is 1.16 bits per heavy atom. The van der Waals surface area contributed by atoms with Gasteiger partial charge in [-0.15, -0.1) is 0 Å². The molecule has 31 heavy (non-hydrogen) atoms. The SMILES string of the molecule is Cc1cc(C(=O)N2CC[C@](NC(=O)c3cccn3C)(c3ccccc3)[C@H](O)C2)c(C)o1. The average molecular weight is 421 g/mol. The zero-order valence-corrected chi connectivity index (χ0v) is 18.0. The summed E-state index contributed by atoms with van der Waals surface area (Å²) in [4.78, 5) is 27.7. The Balaban J connectivity index is 1.63. The zero-order valence-electron chi connectivity index (χ0n) is 18.0. The number of aliphatic hydroxyl groups excluding tert-OH is 1. The van der Waals surface area contributed by atoms with Crippen LogP contribution in [0, 0.1) is 13.8 Å². The molecule has 1 aliphatic heterocycles. The monoisotopic (exact) mass is 421 g/mol. The molecule has 0 spiro atoms. The van der Waals surface area contributed by atoms with Gasteiger partial charge >= 0.3 is 0 Å². The second-order valence-electron chi connectivity index (χ2n) is 8.14. The molecule has 0 bridgehead atoms. The Kier molecular flexibility index (Phi) is 5.45. The molecule has 2 atom stereocenters. The summed E-state index contributed by atoms with van der Waals surface area (Å²) in [5.41, 5.74) is 0.823. The summed E-state index contributed by atoms with van der Waals surface area (Å²) < 4.78 is 7.24. The number of benzene rings is 1.